The van der Waals surface area contributed by atoms with Crippen molar-refractivity contribution >= 4 is 10.0 Å². The fraction of sp³-hybridized carbons (Fsp3) is 0.778. The average molecular weight is 218 g/mol. The van der Waals surface area contributed by atoms with Crippen molar-refractivity contribution in [2.75, 3.05) is 19.6 Å². The van der Waals surface area contributed by atoms with E-state index in [9.17, 15) is 8.42 Å². The molecule has 1 unspecified atom stereocenters. The second kappa shape index (κ2) is 4.42. The summed E-state index contributed by atoms with van der Waals surface area (Å²) in [7, 11) is -3.17. The van der Waals surface area contributed by atoms with Gasteiger partial charge in [0.15, 0.2) is 0 Å². The van der Waals surface area contributed by atoms with E-state index in [-0.39, 0.29) is 6.54 Å². The predicted octanol–water partition coefficient (Wildman–Crippen LogP) is 0.315. The molecule has 0 radical (unpaired) electrons. The molecule has 5 heteroatoms. The highest BCUT2D eigenvalue weighted by Crippen LogP contribution is 2.16. The van der Waals surface area contributed by atoms with E-state index in [2.05, 4.69) is 0 Å². The van der Waals surface area contributed by atoms with Gasteiger partial charge in [0.05, 0.1) is 5.25 Å². The third-order valence-electron chi connectivity index (χ3n) is 2.60. The van der Waals surface area contributed by atoms with Crippen LogP contribution in [0.3, 0.4) is 0 Å². The maximum Gasteiger partial charge on any atom is 0.218 e. The molecule has 1 heterocycles. The summed E-state index contributed by atoms with van der Waals surface area (Å²) in [5.41, 5.74) is 6.63. The van der Waals surface area contributed by atoms with Crippen LogP contribution in [0.2, 0.25) is 0 Å². The van der Waals surface area contributed by atoms with Gasteiger partial charge in [0, 0.05) is 19.6 Å². The van der Waals surface area contributed by atoms with Crippen molar-refractivity contribution in [1.29, 1.82) is 0 Å². The van der Waals surface area contributed by atoms with Gasteiger partial charge in [-0.25, -0.2) is 8.42 Å². The van der Waals surface area contributed by atoms with Gasteiger partial charge in [-0.15, -0.1) is 0 Å². The first-order chi connectivity index (χ1) is 6.48. The molecule has 1 rings (SSSR count). The minimum absolute atomic E-state index is 0.182. The Hall–Kier alpha value is -0.390. The topological polar surface area (TPSA) is 63.4 Å². The number of hydrogen-bond donors (Lipinski definition) is 1. The van der Waals surface area contributed by atoms with Crippen molar-refractivity contribution in [3.05, 3.63) is 11.6 Å². The van der Waals surface area contributed by atoms with Gasteiger partial charge >= 0.3 is 0 Å². The van der Waals surface area contributed by atoms with Crippen LogP contribution in [0.1, 0.15) is 20.3 Å². The molecule has 4 nitrogen and oxygen atoms in total. The largest absolute Gasteiger partial charge is 0.329 e. The van der Waals surface area contributed by atoms with Crippen LogP contribution in [-0.2, 0) is 10.0 Å². The molecule has 0 amide bonds. The Morgan fingerprint density at radius 1 is 1.64 bits per heavy atom. The first kappa shape index (κ1) is 11.7. The van der Waals surface area contributed by atoms with Gasteiger partial charge in [-0.1, -0.05) is 11.6 Å². The van der Waals surface area contributed by atoms with E-state index in [1.807, 2.05) is 13.0 Å². The lowest BCUT2D eigenvalue weighted by Crippen LogP contribution is -2.42. The number of rotatable bonds is 3. The third kappa shape index (κ3) is 2.34. The summed E-state index contributed by atoms with van der Waals surface area (Å²) in [5.74, 6) is 0. The zero-order valence-electron chi connectivity index (χ0n) is 8.73. The molecule has 1 atom stereocenters. The number of hydrogen-bond acceptors (Lipinski definition) is 3. The van der Waals surface area contributed by atoms with Crippen molar-refractivity contribution < 1.29 is 8.42 Å². The molecule has 0 bridgehead atoms. The molecule has 0 saturated carbocycles. The lowest BCUT2D eigenvalue weighted by atomic mass is 10.1. The van der Waals surface area contributed by atoms with Crippen LogP contribution in [0.4, 0.5) is 0 Å². The molecule has 2 N–H and O–H groups in total. The monoisotopic (exact) mass is 218 g/mol. The Morgan fingerprint density at radius 3 is 2.71 bits per heavy atom. The van der Waals surface area contributed by atoms with Gasteiger partial charge in [-0.2, -0.15) is 4.31 Å². The molecule has 1 aliphatic rings. The maximum atomic E-state index is 11.8. The summed E-state index contributed by atoms with van der Waals surface area (Å²) in [5, 5.41) is -0.477. The standard InChI is InChI=1S/C9H18N2O2S/c1-8-3-5-11(6-4-8)14(12,13)9(2)7-10/h3,9H,4-7,10H2,1-2H3. The molecule has 0 spiro atoms. The lowest BCUT2D eigenvalue weighted by Gasteiger charge is -2.27. The third-order valence-corrected chi connectivity index (χ3v) is 4.86. The Kier molecular flexibility index (Phi) is 3.69. The van der Waals surface area contributed by atoms with E-state index >= 15 is 0 Å². The fourth-order valence-corrected chi connectivity index (χ4v) is 2.74. The molecule has 0 fully saturated rings. The number of nitrogens with two attached hydrogens (primary N) is 1. The minimum atomic E-state index is -3.17. The first-order valence-corrected chi connectivity index (χ1v) is 6.33. The van der Waals surface area contributed by atoms with E-state index < -0.39 is 15.3 Å². The van der Waals surface area contributed by atoms with E-state index in [0.717, 1.165) is 6.42 Å². The molecule has 1 aliphatic heterocycles. The number of sulfonamides is 1. The fourth-order valence-electron chi connectivity index (χ4n) is 1.36. The van der Waals surface area contributed by atoms with E-state index in [1.54, 1.807) is 6.92 Å². The molecule has 0 aliphatic carbocycles. The Balaban J connectivity index is 2.76. The zero-order chi connectivity index (χ0) is 10.8. The molecule has 82 valence electrons. The normalized spacial score (nSPS) is 21.8. The van der Waals surface area contributed by atoms with Crippen molar-refractivity contribution in [3.63, 3.8) is 0 Å². The summed E-state index contributed by atoms with van der Waals surface area (Å²) < 4.78 is 25.2. The highest BCUT2D eigenvalue weighted by Gasteiger charge is 2.28. The van der Waals surface area contributed by atoms with Crippen molar-refractivity contribution in [2.24, 2.45) is 5.73 Å². The molecule has 0 aromatic rings. The van der Waals surface area contributed by atoms with E-state index in [4.69, 9.17) is 5.73 Å². The quantitative estimate of drug-likeness (QED) is 0.694. The summed E-state index contributed by atoms with van der Waals surface area (Å²) in [6, 6.07) is 0. The summed E-state index contributed by atoms with van der Waals surface area (Å²) in [6.45, 7) is 4.95. The van der Waals surface area contributed by atoms with Crippen LogP contribution in [0.15, 0.2) is 11.6 Å². The Morgan fingerprint density at radius 2 is 2.29 bits per heavy atom. The van der Waals surface area contributed by atoms with Crippen LogP contribution >= 0.6 is 0 Å². The van der Waals surface area contributed by atoms with Crippen molar-refractivity contribution in [2.45, 2.75) is 25.5 Å². The van der Waals surface area contributed by atoms with Crippen LogP contribution in [0.5, 0.6) is 0 Å². The van der Waals surface area contributed by atoms with Gasteiger partial charge < -0.3 is 5.73 Å². The van der Waals surface area contributed by atoms with Crippen LogP contribution < -0.4 is 5.73 Å². The van der Waals surface area contributed by atoms with Crippen molar-refractivity contribution in [3.8, 4) is 0 Å². The summed E-state index contributed by atoms with van der Waals surface area (Å²) in [6.07, 6.45) is 2.79. The summed E-state index contributed by atoms with van der Waals surface area (Å²) in [4.78, 5) is 0. The Labute approximate surface area is 85.8 Å². The molecular formula is C9H18N2O2S. The van der Waals surface area contributed by atoms with Gasteiger partial charge in [0.2, 0.25) is 10.0 Å². The van der Waals surface area contributed by atoms with Crippen LogP contribution in [0.25, 0.3) is 0 Å². The SMILES string of the molecule is CC1=CCN(S(=O)(=O)C(C)CN)CC1. The highest BCUT2D eigenvalue weighted by molar-refractivity contribution is 7.89. The maximum absolute atomic E-state index is 11.8. The minimum Gasteiger partial charge on any atom is -0.329 e. The average Bonchev–Trinajstić information content (AvgIpc) is 2.17. The zero-order valence-corrected chi connectivity index (χ0v) is 9.55. The smallest absolute Gasteiger partial charge is 0.218 e. The second-order valence-corrected chi connectivity index (χ2v) is 6.10. The summed E-state index contributed by atoms with van der Waals surface area (Å²) >= 11 is 0. The highest BCUT2D eigenvalue weighted by atomic mass is 32.2. The van der Waals surface area contributed by atoms with Crippen LogP contribution in [0, 0.1) is 0 Å². The van der Waals surface area contributed by atoms with Gasteiger partial charge in [-0.05, 0) is 20.3 Å². The first-order valence-electron chi connectivity index (χ1n) is 4.83. The molecular weight excluding hydrogens is 200 g/mol. The molecule has 0 saturated heterocycles. The molecule has 14 heavy (non-hydrogen) atoms. The number of nitrogens with zero attached hydrogens (tertiary/aromatic N) is 1. The van der Waals surface area contributed by atoms with Gasteiger partial charge in [0.1, 0.15) is 0 Å². The van der Waals surface area contributed by atoms with Crippen molar-refractivity contribution in [1.82, 2.24) is 4.31 Å². The lowest BCUT2D eigenvalue weighted by molar-refractivity contribution is 0.424. The predicted molar refractivity (Wildman–Crippen MR) is 57.4 cm³/mol. The van der Waals surface area contributed by atoms with E-state index in [1.165, 1.54) is 9.88 Å². The second-order valence-electron chi connectivity index (χ2n) is 3.75. The van der Waals surface area contributed by atoms with Gasteiger partial charge in [0.25, 0.3) is 0 Å². The van der Waals surface area contributed by atoms with E-state index in [0.29, 0.717) is 13.1 Å². The molecule has 0 aromatic carbocycles. The van der Waals surface area contributed by atoms with Crippen LogP contribution in [-0.4, -0.2) is 37.6 Å². The Bertz CT molecular complexity index is 322. The van der Waals surface area contributed by atoms with Gasteiger partial charge in [-0.3, -0.25) is 0 Å². The molecule has 0 aromatic heterocycles.